The average Bonchev–Trinajstić information content (AvgIpc) is 3.29. The Kier molecular flexibility index (Phi) is 4.46. The number of amides is 1. The summed E-state index contributed by atoms with van der Waals surface area (Å²) in [5.74, 6) is 1.74. The molecule has 0 unspecified atom stereocenters. The van der Waals surface area contributed by atoms with Crippen molar-refractivity contribution in [1.29, 1.82) is 0 Å². The van der Waals surface area contributed by atoms with E-state index in [1.165, 1.54) is 5.56 Å². The van der Waals surface area contributed by atoms with Gasteiger partial charge in [0.1, 0.15) is 13.2 Å². The molecule has 4 rings (SSSR count). The molecule has 5 nitrogen and oxygen atoms in total. The number of rotatable bonds is 4. The van der Waals surface area contributed by atoms with E-state index in [0.29, 0.717) is 30.2 Å². The highest BCUT2D eigenvalue weighted by Crippen LogP contribution is 2.43. The van der Waals surface area contributed by atoms with Crippen LogP contribution in [-0.2, 0) is 5.41 Å². The van der Waals surface area contributed by atoms with Crippen LogP contribution in [0.5, 0.6) is 11.5 Å². The van der Waals surface area contributed by atoms with Gasteiger partial charge >= 0.3 is 0 Å². The van der Waals surface area contributed by atoms with Crippen LogP contribution in [0.25, 0.3) is 0 Å². The van der Waals surface area contributed by atoms with Crippen LogP contribution >= 0.6 is 15.9 Å². The van der Waals surface area contributed by atoms with Gasteiger partial charge in [-0.05, 0) is 58.6 Å². The summed E-state index contributed by atoms with van der Waals surface area (Å²) in [7, 11) is 0. The number of hydrogen-bond acceptors (Lipinski definition) is 4. The predicted octanol–water partition coefficient (Wildman–Crippen LogP) is 4.06. The van der Waals surface area contributed by atoms with Gasteiger partial charge in [0.25, 0.3) is 5.91 Å². The smallest absolute Gasteiger partial charge is 0.287 e. The molecule has 0 radical (unpaired) electrons. The predicted molar refractivity (Wildman–Crippen MR) is 96.3 cm³/mol. The molecule has 1 aromatic heterocycles. The summed E-state index contributed by atoms with van der Waals surface area (Å²) in [6.45, 7) is 1.75. The second-order valence-corrected chi connectivity index (χ2v) is 7.41. The lowest BCUT2D eigenvalue weighted by molar-refractivity contribution is 0.0914. The van der Waals surface area contributed by atoms with Crippen molar-refractivity contribution in [3.8, 4) is 11.5 Å². The number of hydrogen-bond donors (Lipinski definition) is 1. The van der Waals surface area contributed by atoms with Gasteiger partial charge < -0.3 is 19.2 Å². The first-order chi connectivity index (χ1) is 12.2. The van der Waals surface area contributed by atoms with Crippen molar-refractivity contribution in [3.05, 3.63) is 46.3 Å². The Morgan fingerprint density at radius 3 is 2.56 bits per heavy atom. The van der Waals surface area contributed by atoms with Crippen LogP contribution in [0.3, 0.4) is 0 Å². The van der Waals surface area contributed by atoms with E-state index in [1.807, 2.05) is 6.07 Å². The summed E-state index contributed by atoms with van der Waals surface area (Å²) in [6.07, 6.45) is 4.43. The molecule has 0 atom stereocenters. The van der Waals surface area contributed by atoms with Crippen LogP contribution in [0.15, 0.2) is 39.4 Å². The maximum absolute atomic E-state index is 12.4. The van der Waals surface area contributed by atoms with Crippen molar-refractivity contribution in [2.45, 2.75) is 31.1 Å². The molecule has 1 N–H and O–H groups in total. The maximum Gasteiger partial charge on any atom is 0.287 e. The number of furan rings is 1. The van der Waals surface area contributed by atoms with E-state index >= 15 is 0 Å². The molecule has 1 fully saturated rings. The second-order valence-electron chi connectivity index (χ2n) is 6.63. The van der Waals surface area contributed by atoms with E-state index in [0.717, 1.165) is 37.2 Å². The number of nitrogens with one attached hydrogen (secondary N) is 1. The summed E-state index contributed by atoms with van der Waals surface area (Å²) < 4.78 is 17.3. The monoisotopic (exact) mass is 405 g/mol. The summed E-state index contributed by atoms with van der Waals surface area (Å²) in [5, 5.41) is 3.05. The first-order valence-corrected chi connectivity index (χ1v) is 9.39. The molecule has 1 amide bonds. The number of carbonyl (C=O) groups excluding carboxylic acids is 1. The van der Waals surface area contributed by atoms with Gasteiger partial charge in [0.15, 0.2) is 21.9 Å². The lowest BCUT2D eigenvalue weighted by atomic mass is 9.78. The van der Waals surface area contributed by atoms with Crippen LogP contribution in [0, 0.1) is 0 Å². The Labute approximate surface area is 154 Å². The van der Waals surface area contributed by atoms with Gasteiger partial charge in [0.05, 0.1) is 0 Å². The van der Waals surface area contributed by atoms with E-state index in [1.54, 1.807) is 12.1 Å². The molecule has 0 saturated heterocycles. The molecule has 1 saturated carbocycles. The van der Waals surface area contributed by atoms with Crippen LogP contribution in [-0.4, -0.2) is 25.7 Å². The summed E-state index contributed by atoms with van der Waals surface area (Å²) >= 11 is 3.23. The Morgan fingerprint density at radius 1 is 1.08 bits per heavy atom. The van der Waals surface area contributed by atoms with Gasteiger partial charge in [0, 0.05) is 12.0 Å². The topological polar surface area (TPSA) is 60.7 Å². The van der Waals surface area contributed by atoms with Crippen molar-refractivity contribution >= 4 is 21.8 Å². The fraction of sp³-hybridized carbons (Fsp3) is 0.421. The van der Waals surface area contributed by atoms with Crippen molar-refractivity contribution < 1.29 is 18.7 Å². The Morgan fingerprint density at radius 2 is 1.84 bits per heavy atom. The molecule has 6 heteroatoms. The summed E-state index contributed by atoms with van der Waals surface area (Å²) in [6, 6.07) is 9.56. The fourth-order valence-corrected chi connectivity index (χ4v) is 4.07. The average molecular weight is 406 g/mol. The van der Waals surface area contributed by atoms with E-state index in [9.17, 15) is 4.79 Å². The molecular weight excluding hydrogens is 386 g/mol. The van der Waals surface area contributed by atoms with E-state index in [-0.39, 0.29) is 11.3 Å². The van der Waals surface area contributed by atoms with Crippen LogP contribution in [0.2, 0.25) is 0 Å². The first-order valence-electron chi connectivity index (χ1n) is 8.60. The molecule has 1 aliphatic carbocycles. The lowest BCUT2D eigenvalue weighted by Gasteiger charge is -2.31. The zero-order chi connectivity index (χ0) is 17.3. The van der Waals surface area contributed by atoms with Crippen LogP contribution < -0.4 is 14.8 Å². The highest BCUT2D eigenvalue weighted by molar-refractivity contribution is 9.10. The molecule has 132 valence electrons. The maximum atomic E-state index is 12.4. The third kappa shape index (κ3) is 3.27. The van der Waals surface area contributed by atoms with Gasteiger partial charge in [-0.1, -0.05) is 18.9 Å². The van der Waals surface area contributed by atoms with Gasteiger partial charge in [0.2, 0.25) is 0 Å². The van der Waals surface area contributed by atoms with E-state index < -0.39 is 0 Å². The van der Waals surface area contributed by atoms with E-state index in [4.69, 9.17) is 13.9 Å². The summed E-state index contributed by atoms with van der Waals surface area (Å²) in [5.41, 5.74) is 1.14. The quantitative estimate of drug-likeness (QED) is 0.832. The highest BCUT2D eigenvalue weighted by atomic mass is 79.9. The highest BCUT2D eigenvalue weighted by Gasteiger charge is 2.37. The van der Waals surface area contributed by atoms with Gasteiger partial charge in [-0.15, -0.1) is 0 Å². The Balaban J connectivity index is 1.54. The van der Waals surface area contributed by atoms with Gasteiger partial charge in [-0.3, -0.25) is 4.79 Å². The SMILES string of the molecule is O=C(NCC1(c2ccc3c(c2)OCCO3)CCCC1)c1ccc(Br)o1. The third-order valence-corrected chi connectivity index (χ3v) is 5.53. The number of fused-ring (bicyclic) bond motifs is 1. The lowest BCUT2D eigenvalue weighted by Crippen LogP contribution is -2.39. The molecule has 25 heavy (non-hydrogen) atoms. The minimum atomic E-state index is -0.186. The third-order valence-electron chi connectivity index (χ3n) is 5.10. The summed E-state index contributed by atoms with van der Waals surface area (Å²) in [4.78, 5) is 12.4. The molecular formula is C19H20BrNO4. The van der Waals surface area contributed by atoms with Crippen molar-refractivity contribution in [3.63, 3.8) is 0 Å². The zero-order valence-corrected chi connectivity index (χ0v) is 15.4. The minimum absolute atomic E-state index is 0.0602. The van der Waals surface area contributed by atoms with Gasteiger partial charge in [-0.2, -0.15) is 0 Å². The number of carbonyl (C=O) groups is 1. The largest absolute Gasteiger partial charge is 0.486 e. The van der Waals surface area contributed by atoms with E-state index in [2.05, 4.69) is 33.4 Å². The molecule has 0 bridgehead atoms. The molecule has 1 aromatic carbocycles. The normalized spacial score (nSPS) is 18.1. The Hall–Kier alpha value is -1.95. The zero-order valence-electron chi connectivity index (χ0n) is 13.8. The van der Waals surface area contributed by atoms with Crippen molar-refractivity contribution in [2.75, 3.05) is 19.8 Å². The number of benzene rings is 1. The molecule has 2 heterocycles. The molecule has 2 aliphatic rings. The number of ether oxygens (including phenoxy) is 2. The van der Waals surface area contributed by atoms with Gasteiger partial charge in [-0.25, -0.2) is 0 Å². The molecule has 2 aromatic rings. The minimum Gasteiger partial charge on any atom is -0.486 e. The Bertz CT molecular complexity index is 779. The van der Waals surface area contributed by atoms with Crippen molar-refractivity contribution in [1.82, 2.24) is 5.32 Å². The van der Waals surface area contributed by atoms with Crippen molar-refractivity contribution in [2.24, 2.45) is 0 Å². The van der Waals surface area contributed by atoms with Crippen LogP contribution in [0.1, 0.15) is 41.8 Å². The fourth-order valence-electron chi connectivity index (χ4n) is 3.77. The second kappa shape index (κ2) is 6.75. The molecule has 1 aliphatic heterocycles. The standard InChI is InChI=1S/C19H20BrNO4/c20-17-6-5-15(25-17)18(22)21-12-19(7-1-2-8-19)13-3-4-14-16(11-13)24-10-9-23-14/h3-6,11H,1-2,7-10,12H2,(H,21,22). The molecule has 0 spiro atoms. The first kappa shape index (κ1) is 16.5. The number of halogens is 1. The van der Waals surface area contributed by atoms with Crippen LogP contribution in [0.4, 0.5) is 0 Å².